The van der Waals surface area contributed by atoms with E-state index in [1.54, 1.807) is 0 Å². The Morgan fingerprint density at radius 3 is 2.42 bits per heavy atom. The predicted octanol–water partition coefficient (Wildman–Crippen LogP) is 4.10. The summed E-state index contributed by atoms with van der Waals surface area (Å²) in [5.74, 6) is 0.136. The maximum Gasteiger partial charge on any atom is 0.193 e. The highest BCUT2D eigenvalue weighted by Gasteiger charge is 2.14. The van der Waals surface area contributed by atoms with Gasteiger partial charge >= 0.3 is 0 Å². The Labute approximate surface area is 114 Å². The number of rotatable bonds is 2. The summed E-state index contributed by atoms with van der Waals surface area (Å²) in [5, 5.41) is 0. The fourth-order valence-corrected chi connectivity index (χ4v) is 2.83. The van der Waals surface area contributed by atoms with Crippen LogP contribution < -0.4 is 0 Å². The summed E-state index contributed by atoms with van der Waals surface area (Å²) < 4.78 is 0. The molecule has 0 amide bonds. The lowest BCUT2D eigenvalue weighted by Gasteiger charge is -2.16. The van der Waals surface area contributed by atoms with Crippen LogP contribution in [0.5, 0.6) is 0 Å². The van der Waals surface area contributed by atoms with E-state index in [4.69, 9.17) is 0 Å². The zero-order valence-corrected chi connectivity index (χ0v) is 11.3. The lowest BCUT2D eigenvalue weighted by Crippen LogP contribution is -2.07. The van der Waals surface area contributed by atoms with E-state index >= 15 is 0 Å². The molecule has 0 bridgehead atoms. The highest BCUT2D eigenvalue weighted by molar-refractivity contribution is 6.09. The largest absolute Gasteiger partial charge is 0.289 e. The molecule has 0 N–H and O–H groups in total. The average molecular weight is 250 g/mol. The van der Waals surface area contributed by atoms with E-state index in [0.717, 1.165) is 29.5 Å². The number of benzene rings is 2. The second kappa shape index (κ2) is 5.00. The van der Waals surface area contributed by atoms with Crippen LogP contribution in [0.1, 0.15) is 45.5 Å². The first-order valence-electron chi connectivity index (χ1n) is 6.97. The molecule has 1 aliphatic carbocycles. The standard InChI is InChI=1S/C18H18O/c1-13-5-4-8-16(11-13)18(19)17-10-9-14-6-2-3-7-15(14)12-17/h4-5,8-12H,2-3,6-7H2,1H3. The lowest BCUT2D eigenvalue weighted by molar-refractivity contribution is 0.103. The smallest absolute Gasteiger partial charge is 0.193 e. The monoisotopic (exact) mass is 250 g/mol. The van der Waals surface area contributed by atoms with Gasteiger partial charge < -0.3 is 0 Å². The molecule has 1 aliphatic rings. The van der Waals surface area contributed by atoms with Gasteiger partial charge in [-0.1, -0.05) is 35.9 Å². The molecule has 0 atom stereocenters. The van der Waals surface area contributed by atoms with Crippen LogP contribution in [0.15, 0.2) is 42.5 Å². The third kappa shape index (κ3) is 2.46. The molecule has 1 nitrogen and oxygen atoms in total. The third-order valence-corrected chi connectivity index (χ3v) is 3.89. The van der Waals surface area contributed by atoms with Crippen molar-refractivity contribution < 1.29 is 4.79 Å². The van der Waals surface area contributed by atoms with Gasteiger partial charge in [-0.25, -0.2) is 0 Å². The topological polar surface area (TPSA) is 17.1 Å². The number of ketones is 1. The van der Waals surface area contributed by atoms with Gasteiger partial charge in [0.05, 0.1) is 0 Å². The van der Waals surface area contributed by atoms with Crippen molar-refractivity contribution in [3.05, 3.63) is 70.3 Å². The molecule has 0 spiro atoms. The number of carbonyl (C=O) groups excluding carboxylic acids is 1. The Balaban J connectivity index is 1.96. The number of carbonyl (C=O) groups is 1. The molecule has 0 radical (unpaired) electrons. The molecule has 3 rings (SSSR count). The molecule has 0 aromatic heterocycles. The molecule has 0 fully saturated rings. The molecule has 96 valence electrons. The van der Waals surface area contributed by atoms with Gasteiger partial charge in [-0.2, -0.15) is 0 Å². The molecule has 19 heavy (non-hydrogen) atoms. The zero-order valence-electron chi connectivity index (χ0n) is 11.3. The van der Waals surface area contributed by atoms with E-state index in [1.807, 2.05) is 37.3 Å². The molecule has 2 aromatic carbocycles. The van der Waals surface area contributed by atoms with Gasteiger partial charge in [-0.05, 0) is 55.9 Å². The molecule has 0 heterocycles. The first kappa shape index (κ1) is 12.2. The van der Waals surface area contributed by atoms with Crippen LogP contribution in [0.3, 0.4) is 0 Å². The Morgan fingerprint density at radius 2 is 1.63 bits per heavy atom. The number of fused-ring (bicyclic) bond motifs is 1. The summed E-state index contributed by atoms with van der Waals surface area (Å²) in [7, 11) is 0. The molecule has 0 unspecified atom stereocenters. The van der Waals surface area contributed by atoms with Gasteiger partial charge in [-0.15, -0.1) is 0 Å². The van der Waals surface area contributed by atoms with Gasteiger partial charge in [-0.3, -0.25) is 4.79 Å². The van der Waals surface area contributed by atoms with E-state index in [2.05, 4.69) is 12.1 Å². The highest BCUT2D eigenvalue weighted by Crippen LogP contribution is 2.23. The molecular weight excluding hydrogens is 232 g/mol. The van der Waals surface area contributed by atoms with Crippen molar-refractivity contribution in [3.8, 4) is 0 Å². The second-order valence-electron chi connectivity index (χ2n) is 5.39. The Morgan fingerprint density at radius 1 is 0.895 bits per heavy atom. The van der Waals surface area contributed by atoms with Gasteiger partial charge in [0.15, 0.2) is 5.78 Å². The molecule has 1 heteroatoms. The van der Waals surface area contributed by atoms with E-state index < -0.39 is 0 Å². The quantitative estimate of drug-likeness (QED) is 0.733. The summed E-state index contributed by atoms with van der Waals surface area (Å²) in [6.45, 7) is 2.02. The summed E-state index contributed by atoms with van der Waals surface area (Å²) in [6, 6.07) is 14.0. The van der Waals surface area contributed by atoms with Crippen molar-refractivity contribution in [2.45, 2.75) is 32.6 Å². The van der Waals surface area contributed by atoms with Gasteiger partial charge in [0.25, 0.3) is 0 Å². The van der Waals surface area contributed by atoms with E-state index in [9.17, 15) is 4.79 Å². The molecule has 2 aromatic rings. The van der Waals surface area contributed by atoms with Crippen molar-refractivity contribution in [1.82, 2.24) is 0 Å². The highest BCUT2D eigenvalue weighted by atomic mass is 16.1. The minimum absolute atomic E-state index is 0.136. The minimum Gasteiger partial charge on any atom is -0.289 e. The van der Waals surface area contributed by atoms with Crippen molar-refractivity contribution in [3.63, 3.8) is 0 Å². The number of hydrogen-bond donors (Lipinski definition) is 0. The maximum atomic E-state index is 12.5. The van der Waals surface area contributed by atoms with E-state index in [-0.39, 0.29) is 5.78 Å². The van der Waals surface area contributed by atoms with Crippen molar-refractivity contribution in [1.29, 1.82) is 0 Å². The number of aryl methyl sites for hydroxylation is 3. The van der Waals surface area contributed by atoms with Crippen LogP contribution in [-0.2, 0) is 12.8 Å². The molecule has 0 saturated heterocycles. The van der Waals surface area contributed by atoms with Gasteiger partial charge in [0.1, 0.15) is 0 Å². The van der Waals surface area contributed by atoms with Crippen molar-refractivity contribution in [2.24, 2.45) is 0 Å². The van der Waals surface area contributed by atoms with Crippen molar-refractivity contribution >= 4 is 5.78 Å². The summed E-state index contributed by atoms with van der Waals surface area (Å²) in [4.78, 5) is 12.5. The van der Waals surface area contributed by atoms with Crippen molar-refractivity contribution in [2.75, 3.05) is 0 Å². The van der Waals surface area contributed by atoms with Crippen LogP contribution in [0.2, 0.25) is 0 Å². The third-order valence-electron chi connectivity index (χ3n) is 3.89. The van der Waals surface area contributed by atoms with Crippen LogP contribution in [0.25, 0.3) is 0 Å². The molecule has 0 aliphatic heterocycles. The lowest BCUT2D eigenvalue weighted by atomic mass is 9.89. The first-order valence-corrected chi connectivity index (χ1v) is 6.97. The first-order chi connectivity index (χ1) is 9.24. The zero-order chi connectivity index (χ0) is 13.2. The minimum atomic E-state index is 0.136. The summed E-state index contributed by atoms with van der Waals surface area (Å²) in [5.41, 5.74) is 5.53. The fourth-order valence-electron chi connectivity index (χ4n) is 2.83. The fraction of sp³-hybridized carbons (Fsp3) is 0.278. The number of hydrogen-bond acceptors (Lipinski definition) is 1. The normalized spacial score (nSPS) is 13.9. The van der Waals surface area contributed by atoms with E-state index in [1.165, 1.54) is 24.0 Å². The van der Waals surface area contributed by atoms with Gasteiger partial charge in [0, 0.05) is 11.1 Å². The maximum absolute atomic E-state index is 12.5. The van der Waals surface area contributed by atoms with E-state index in [0.29, 0.717) is 0 Å². The molecule has 0 saturated carbocycles. The van der Waals surface area contributed by atoms with Crippen LogP contribution in [-0.4, -0.2) is 5.78 Å². The Kier molecular flexibility index (Phi) is 3.20. The molecular formula is C18H18O. The SMILES string of the molecule is Cc1cccc(C(=O)c2ccc3c(c2)CCCC3)c1. The Bertz CT molecular complexity index is 625. The van der Waals surface area contributed by atoms with Crippen LogP contribution in [0.4, 0.5) is 0 Å². The van der Waals surface area contributed by atoms with Crippen LogP contribution >= 0.6 is 0 Å². The van der Waals surface area contributed by atoms with Crippen LogP contribution in [0, 0.1) is 6.92 Å². The van der Waals surface area contributed by atoms with Gasteiger partial charge in [0.2, 0.25) is 0 Å². The summed E-state index contributed by atoms with van der Waals surface area (Å²) >= 11 is 0. The Hall–Kier alpha value is -1.89. The average Bonchev–Trinajstić information content (AvgIpc) is 2.46. The predicted molar refractivity (Wildman–Crippen MR) is 77.7 cm³/mol. The summed E-state index contributed by atoms with van der Waals surface area (Å²) in [6.07, 6.45) is 4.80. The second-order valence-corrected chi connectivity index (χ2v) is 5.39.